The molecule has 1 unspecified atom stereocenters. The standard InChI is InChI=1S/C15H18N2O3/c1-10-3-2-4-14(16-10)17-15(18)11-5-6-12-13(9-11)20-8-7-19-12/h2-6,10,13,16H,7-9H2,1H3,(H,17,18)/t10-,13?/m1/s1. The highest BCUT2D eigenvalue weighted by atomic mass is 16.6. The summed E-state index contributed by atoms with van der Waals surface area (Å²) < 4.78 is 11.1. The summed E-state index contributed by atoms with van der Waals surface area (Å²) in [4.78, 5) is 12.2. The zero-order chi connectivity index (χ0) is 13.9. The summed E-state index contributed by atoms with van der Waals surface area (Å²) in [6.07, 6.45) is 9.87. The minimum Gasteiger partial charge on any atom is -0.493 e. The van der Waals surface area contributed by atoms with E-state index < -0.39 is 0 Å². The Labute approximate surface area is 118 Å². The summed E-state index contributed by atoms with van der Waals surface area (Å²) in [6, 6.07) is 0.220. The number of fused-ring (bicyclic) bond motifs is 1. The van der Waals surface area contributed by atoms with E-state index in [1.54, 1.807) is 6.08 Å². The van der Waals surface area contributed by atoms with Crippen LogP contribution in [0.4, 0.5) is 0 Å². The second-order valence-corrected chi connectivity index (χ2v) is 5.03. The second kappa shape index (κ2) is 5.54. The number of hydrogen-bond donors (Lipinski definition) is 2. The van der Waals surface area contributed by atoms with E-state index in [0.717, 1.165) is 11.6 Å². The van der Waals surface area contributed by atoms with Gasteiger partial charge in [-0.15, -0.1) is 0 Å². The van der Waals surface area contributed by atoms with Crippen LogP contribution in [0.25, 0.3) is 0 Å². The molecule has 2 atom stereocenters. The predicted octanol–water partition coefficient (Wildman–Crippen LogP) is 1.12. The molecule has 0 aromatic rings. The minimum atomic E-state index is -0.124. The van der Waals surface area contributed by atoms with Crippen LogP contribution in [0.3, 0.4) is 0 Å². The highest BCUT2D eigenvalue weighted by Gasteiger charge is 2.27. The minimum absolute atomic E-state index is 0.101. The van der Waals surface area contributed by atoms with Gasteiger partial charge >= 0.3 is 0 Å². The highest BCUT2D eigenvalue weighted by Crippen LogP contribution is 2.25. The van der Waals surface area contributed by atoms with Crippen LogP contribution >= 0.6 is 0 Å². The third kappa shape index (κ3) is 2.77. The van der Waals surface area contributed by atoms with Crippen LogP contribution in [0.15, 0.2) is 47.5 Å². The van der Waals surface area contributed by atoms with E-state index in [1.807, 2.05) is 31.2 Å². The van der Waals surface area contributed by atoms with E-state index in [-0.39, 0.29) is 18.1 Å². The number of rotatable bonds is 2. The van der Waals surface area contributed by atoms with Gasteiger partial charge in [-0.3, -0.25) is 4.79 Å². The van der Waals surface area contributed by atoms with Crippen molar-refractivity contribution in [3.63, 3.8) is 0 Å². The molecule has 0 radical (unpaired) electrons. The smallest absolute Gasteiger partial charge is 0.252 e. The lowest BCUT2D eigenvalue weighted by molar-refractivity contribution is -0.117. The summed E-state index contributed by atoms with van der Waals surface area (Å²) in [5, 5.41) is 6.07. The monoisotopic (exact) mass is 274 g/mol. The van der Waals surface area contributed by atoms with Gasteiger partial charge in [0.25, 0.3) is 5.91 Å². The molecule has 0 spiro atoms. The normalized spacial score (nSPS) is 28.1. The SMILES string of the molecule is C[C@@H]1C=CC=C(NC(=O)C2=CC=C3OCCOC3C2)N1. The summed E-state index contributed by atoms with van der Waals surface area (Å²) in [5.41, 5.74) is 0.703. The third-order valence-corrected chi connectivity index (χ3v) is 3.43. The number of carbonyl (C=O) groups is 1. The molecule has 3 aliphatic rings. The van der Waals surface area contributed by atoms with Crippen molar-refractivity contribution in [3.8, 4) is 0 Å². The number of ether oxygens (including phenoxy) is 2. The first-order valence-corrected chi connectivity index (χ1v) is 6.84. The average Bonchev–Trinajstić information content (AvgIpc) is 2.47. The van der Waals surface area contributed by atoms with Crippen LogP contribution in [-0.2, 0) is 14.3 Å². The molecule has 3 rings (SSSR count). The Bertz CT molecular complexity index is 531. The van der Waals surface area contributed by atoms with Crippen molar-refractivity contribution in [2.75, 3.05) is 13.2 Å². The molecule has 5 heteroatoms. The lowest BCUT2D eigenvalue weighted by atomic mass is 9.99. The second-order valence-electron chi connectivity index (χ2n) is 5.03. The number of allylic oxidation sites excluding steroid dienone is 4. The van der Waals surface area contributed by atoms with Crippen LogP contribution in [0.5, 0.6) is 0 Å². The first-order valence-electron chi connectivity index (χ1n) is 6.84. The van der Waals surface area contributed by atoms with Gasteiger partial charge in [-0.2, -0.15) is 0 Å². The van der Waals surface area contributed by atoms with Crippen molar-refractivity contribution < 1.29 is 14.3 Å². The summed E-state index contributed by atoms with van der Waals surface area (Å²) >= 11 is 0. The van der Waals surface area contributed by atoms with Crippen molar-refractivity contribution in [2.24, 2.45) is 0 Å². The maximum atomic E-state index is 12.2. The molecule has 2 heterocycles. The molecule has 0 aromatic carbocycles. The topological polar surface area (TPSA) is 59.6 Å². The Hall–Kier alpha value is -2.01. The Morgan fingerprint density at radius 3 is 3.10 bits per heavy atom. The number of hydrogen-bond acceptors (Lipinski definition) is 4. The summed E-state index contributed by atoms with van der Waals surface area (Å²) in [7, 11) is 0. The molecular formula is C15H18N2O3. The van der Waals surface area contributed by atoms with Gasteiger partial charge in [-0.05, 0) is 25.2 Å². The van der Waals surface area contributed by atoms with E-state index in [2.05, 4.69) is 10.6 Å². The van der Waals surface area contributed by atoms with Gasteiger partial charge in [0.15, 0.2) is 0 Å². The van der Waals surface area contributed by atoms with Gasteiger partial charge in [0.05, 0.1) is 6.61 Å². The molecule has 1 saturated heterocycles. The molecule has 0 aromatic heterocycles. The van der Waals surface area contributed by atoms with Gasteiger partial charge < -0.3 is 20.1 Å². The van der Waals surface area contributed by atoms with Crippen LogP contribution in [-0.4, -0.2) is 31.3 Å². The van der Waals surface area contributed by atoms with Crippen molar-refractivity contribution >= 4 is 5.91 Å². The number of amides is 1. The van der Waals surface area contributed by atoms with E-state index in [0.29, 0.717) is 25.2 Å². The van der Waals surface area contributed by atoms with Gasteiger partial charge in [0, 0.05) is 18.0 Å². The van der Waals surface area contributed by atoms with Crippen molar-refractivity contribution in [3.05, 3.63) is 47.5 Å². The van der Waals surface area contributed by atoms with Crippen LogP contribution in [0.1, 0.15) is 13.3 Å². The fourth-order valence-electron chi connectivity index (χ4n) is 2.40. The van der Waals surface area contributed by atoms with Crippen LogP contribution in [0.2, 0.25) is 0 Å². The van der Waals surface area contributed by atoms with Crippen molar-refractivity contribution in [2.45, 2.75) is 25.5 Å². The number of nitrogens with one attached hydrogen (secondary N) is 2. The maximum Gasteiger partial charge on any atom is 0.252 e. The van der Waals surface area contributed by atoms with Crippen LogP contribution < -0.4 is 10.6 Å². The first-order chi connectivity index (χ1) is 9.72. The molecule has 5 nitrogen and oxygen atoms in total. The van der Waals surface area contributed by atoms with Gasteiger partial charge in [-0.1, -0.05) is 12.2 Å². The highest BCUT2D eigenvalue weighted by molar-refractivity contribution is 5.95. The van der Waals surface area contributed by atoms with E-state index in [4.69, 9.17) is 9.47 Å². The molecule has 1 amide bonds. The van der Waals surface area contributed by atoms with Crippen LogP contribution in [0, 0.1) is 0 Å². The molecule has 0 bridgehead atoms. The lowest BCUT2D eigenvalue weighted by Crippen LogP contribution is -2.38. The zero-order valence-electron chi connectivity index (χ0n) is 11.4. The van der Waals surface area contributed by atoms with E-state index in [1.165, 1.54) is 0 Å². The lowest BCUT2D eigenvalue weighted by Gasteiger charge is -2.29. The van der Waals surface area contributed by atoms with Gasteiger partial charge in [0.2, 0.25) is 0 Å². The maximum absolute atomic E-state index is 12.2. The Kier molecular flexibility index (Phi) is 3.60. The van der Waals surface area contributed by atoms with E-state index in [9.17, 15) is 4.79 Å². The molecule has 1 fully saturated rings. The Balaban J connectivity index is 1.66. The predicted molar refractivity (Wildman–Crippen MR) is 74.4 cm³/mol. The molecule has 106 valence electrons. The van der Waals surface area contributed by atoms with Crippen molar-refractivity contribution in [1.82, 2.24) is 10.6 Å². The number of carbonyl (C=O) groups excluding carboxylic acids is 1. The number of dihydropyridines is 1. The van der Waals surface area contributed by atoms with Gasteiger partial charge in [-0.25, -0.2) is 0 Å². The molecule has 2 aliphatic heterocycles. The molecule has 0 saturated carbocycles. The average molecular weight is 274 g/mol. The Morgan fingerprint density at radius 2 is 2.25 bits per heavy atom. The fraction of sp³-hybridized carbons (Fsp3) is 0.400. The first kappa shape index (κ1) is 13.0. The molecule has 2 N–H and O–H groups in total. The fourth-order valence-corrected chi connectivity index (χ4v) is 2.40. The van der Waals surface area contributed by atoms with E-state index >= 15 is 0 Å². The summed E-state index contributed by atoms with van der Waals surface area (Å²) in [6.45, 7) is 3.18. The molecular weight excluding hydrogens is 256 g/mol. The molecule has 20 heavy (non-hydrogen) atoms. The zero-order valence-corrected chi connectivity index (χ0v) is 11.4. The summed E-state index contributed by atoms with van der Waals surface area (Å²) in [5.74, 6) is 1.44. The third-order valence-electron chi connectivity index (χ3n) is 3.43. The largest absolute Gasteiger partial charge is 0.493 e. The quantitative estimate of drug-likeness (QED) is 0.792. The van der Waals surface area contributed by atoms with Crippen molar-refractivity contribution in [1.29, 1.82) is 0 Å². The Morgan fingerprint density at radius 1 is 1.35 bits per heavy atom. The van der Waals surface area contributed by atoms with Gasteiger partial charge in [0.1, 0.15) is 24.3 Å². The molecule has 1 aliphatic carbocycles.